The summed E-state index contributed by atoms with van der Waals surface area (Å²) in [6.07, 6.45) is 3.56. The Bertz CT molecular complexity index is 1060. The molecule has 0 aromatic carbocycles. The lowest BCUT2D eigenvalue weighted by atomic mass is 10.3. The van der Waals surface area contributed by atoms with Crippen LogP contribution in [0.3, 0.4) is 0 Å². The molecule has 132 valence electrons. The quantitative estimate of drug-likeness (QED) is 0.530. The molecule has 0 amide bonds. The molecule has 0 saturated carbocycles. The molecule has 0 aliphatic heterocycles. The highest BCUT2D eigenvalue weighted by Crippen LogP contribution is 2.35. The third kappa shape index (κ3) is 3.61. The maximum atomic E-state index is 11.7. The molecule has 8 heteroatoms. The molecule has 4 aromatic rings. The summed E-state index contributed by atoms with van der Waals surface area (Å²) in [6, 6.07) is 10.3. The first-order valence-electron chi connectivity index (χ1n) is 8.16. The minimum atomic E-state index is -0.0985. The van der Waals surface area contributed by atoms with Crippen LogP contribution in [0, 0.1) is 6.92 Å². The molecule has 4 heterocycles. The fourth-order valence-corrected chi connectivity index (χ4v) is 4.44. The number of H-pyrrole nitrogens is 1. The summed E-state index contributed by atoms with van der Waals surface area (Å²) in [4.78, 5) is 26.9. The highest BCUT2D eigenvalue weighted by molar-refractivity contribution is 7.23. The molecule has 0 aliphatic rings. The Labute approximate surface area is 158 Å². The van der Waals surface area contributed by atoms with E-state index in [0.717, 1.165) is 16.3 Å². The second-order valence-electron chi connectivity index (χ2n) is 5.77. The Balaban J connectivity index is 1.45. The lowest BCUT2D eigenvalue weighted by Crippen LogP contribution is -2.21. The van der Waals surface area contributed by atoms with Crippen molar-refractivity contribution in [2.24, 2.45) is 0 Å². The van der Waals surface area contributed by atoms with Gasteiger partial charge in [0, 0.05) is 40.9 Å². The van der Waals surface area contributed by atoms with Crippen molar-refractivity contribution in [2.75, 3.05) is 11.9 Å². The summed E-state index contributed by atoms with van der Waals surface area (Å²) in [5, 5.41) is 5.27. The van der Waals surface area contributed by atoms with Crippen LogP contribution in [0.2, 0.25) is 0 Å². The predicted molar refractivity (Wildman–Crippen MR) is 107 cm³/mol. The zero-order chi connectivity index (χ0) is 17.9. The van der Waals surface area contributed by atoms with Gasteiger partial charge in [-0.05, 0) is 36.6 Å². The molecule has 0 spiro atoms. The molecule has 0 saturated heterocycles. The molecular formula is C18H17N5OS2. The van der Waals surface area contributed by atoms with E-state index in [4.69, 9.17) is 0 Å². The van der Waals surface area contributed by atoms with Crippen LogP contribution < -0.4 is 11.0 Å². The number of rotatable bonds is 6. The molecule has 0 unspecified atom stereocenters. The van der Waals surface area contributed by atoms with Crippen LogP contribution in [-0.4, -0.2) is 26.1 Å². The first-order valence-corrected chi connectivity index (χ1v) is 9.86. The number of anilines is 1. The Morgan fingerprint density at radius 2 is 2.08 bits per heavy atom. The highest BCUT2D eigenvalue weighted by Gasteiger charge is 2.08. The van der Waals surface area contributed by atoms with Gasteiger partial charge < -0.3 is 10.3 Å². The number of hydrogen-bond acceptors (Lipinski definition) is 6. The lowest BCUT2D eigenvalue weighted by Gasteiger charge is -2.06. The van der Waals surface area contributed by atoms with E-state index in [-0.39, 0.29) is 5.69 Å². The molecule has 0 atom stereocenters. The first kappa shape index (κ1) is 16.7. The normalized spacial score (nSPS) is 11.0. The van der Waals surface area contributed by atoms with E-state index in [9.17, 15) is 4.79 Å². The van der Waals surface area contributed by atoms with Gasteiger partial charge in [-0.25, -0.2) is 14.8 Å². The second-order valence-corrected chi connectivity index (χ2v) is 7.80. The van der Waals surface area contributed by atoms with Crippen LogP contribution in [0.4, 0.5) is 5.95 Å². The molecule has 4 aromatic heterocycles. The number of hydrogen-bond donors (Lipinski definition) is 2. The number of imidazole rings is 1. The van der Waals surface area contributed by atoms with Gasteiger partial charge in [0.1, 0.15) is 0 Å². The SMILES string of the molecule is Cc1cn(CCNc2nccc(-c3ccc(-c4cccs4)s3)n2)c(=O)[nH]1. The fourth-order valence-electron chi connectivity index (χ4n) is 2.63. The highest BCUT2D eigenvalue weighted by atomic mass is 32.1. The van der Waals surface area contributed by atoms with Gasteiger partial charge in [0.25, 0.3) is 0 Å². The molecule has 6 nitrogen and oxygen atoms in total. The van der Waals surface area contributed by atoms with Gasteiger partial charge in [-0.15, -0.1) is 22.7 Å². The molecule has 0 fully saturated rings. The van der Waals surface area contributed by atoms with Gasteiger partial charge in [-0.2, -0.15) is 0 Å². The number of aromatic nitrogens is 4. The van der Waals surface area contributed by atoms with Crippen molar-refractivity contribution in [1.29, 1.82) is 0 Å². The molecule has 0 radical (unpaired) electrons. The van der Waals surface area contributed by atoms with Crippen LogP contribution in [0.25, 0.3) is 20.3 Å². The number of nitrogens with one attached hydrogen (secondary N) is 2. The third-order valence-corrected chi connectivity index (χ3v) is 6.00. The smallest absolute Gasteiger partial charge is 0.325 e. The van der Waals surface area contributed by atoms with Gasteiger partial charge in [0.05, 0.1) is 10.6 Å². The van der Waals surface area contributed by atoms with E-state index in [1.165, 1.54) is 9.75 Å². The number of thiophene rings is 2. The third-order valence-electron chi connectivity index (χ3n) is 3.83. The van der Waals surface area contributed by atoms with Gasteiger partial charge >= 0.3 is 5.69 Å². The molecule has 4 rings (SSSR count). The van der Waals surface area contributed by atoms with Crippen molar-refractivity contribution < 1.29 is 0 Å². The summed E-state index contributed by atoms with van der Waals surface area (Å²) in [7, 11) is 0. The fraction of sp³-hybridized carbons (Fsp3) is 0.167. The van der Waals surface area contributed by atoms with Crippen LogP contribution in [0.1, 0.15) is 5.69 Å². The molecule has 2 N–H and O–H groups in total. The maximum absolute atomic E-state index is 11.7. The van der Waals surface area contributed by atoms with Crippen molar-refractivity contribution in [1.82, 2.24) is 19.5 Å². The van der Waals surface area contributed by atoms with Crippen LogP contribution >= 0.6 is 22.7 Å². The monoisotopic (exact) mass is 383 g/mol. The molecule has 26 heavy (non-hydrogen) atoms. The van der Waals surface area contributed by atoms with E-state index in [2.05, 4.69) is 49.9 Å². The Hall–Kier alpha value is -2.71. The molecule has 0 aliphatic carbocycles. The lowest BCUT2D eigenvalue weighted by molar-refractivity contribution is 0.697. The summed E-state index contributed by atoms with van der Waals surface area (Å²) in [5.41, 5.74) is 1.65. The van der Waals surface area contributed by atoms with Crippen LogP contribution in [0.5, 0.6) is 0 Å². The average Bonchev–Trinajstić information content (AvgIpc) is 3.36. The van der Waals surface area contributed by atoms with Gasteiger partial charge in [0.15, 0.2) is 0 Å². The number of nitrogens with zero attached hydrogens (tertiary/aromatic N) is 3. The van der Waals surface area contributed by atoms with E-state index >= 15 is 0 Å². The van der Waals surface area contributed by atoms with Crippen LogP contribution in [-0.2, 0) is 6.54 Å². The topological polar surface area (TPSA) is 75.6 Å². The van der Waals surface area contributed by atoms with E-state index in [1.54, 1.807) is 39.6 Å². The van der Waals surface area contributed by atoms with E-state index in [1.807, 2.05) is 13.0 Å². The molecular weight excluding hydrogens is 366 g/mol. The van der Waals surface area contributed by atoms with Gasteiger partial charge in [0.2, 0.25) is 5.95 Å². The minimum absolute atomic E-state index is 0.0985. The maximum Gasteiger partial charge on any atom is 0.325 e. The Kier molecular flexibility index (Phi) is 4.68. The van der Waals surface area contributed by atoms with Crippen molar-refractivity contribution in [3.05, 3.63) is 64.3 Å². The minimum Gasteiger partial charge on any atom is -0.352 e. The Morgan fingerprint density at radius 3 is 2.85 bits per heavy atom. The zero-order valence-corrected chi connectivity index (χ0v) is 15.7. The van der Waals surface area contributed by atoms with E-state index in [0.29, 0.717) is 19.0 Å². The van der Waals surface area contributed by atoms with Crippen LogP contribution in [0.15, 0.2) is 52.9 Å². The first-order chi connectivity index (χ1) is 12.7. The zero-order valence-electron chi connectivity index (χ0n) is 14.1. The van der Waals surface area contributed by atoms with E-state index < -0.39 is 0 Å². The number of aryl methyl sites for hydroxylation is 1. The van der Waals surface area contributed by atoms with Gasteiger partial charge in [-0.1, -0.05) is 6.07 Å². The summed E-state index contributed by atoms with van der Waals surface area (Å²) in [5.74, 6) is 0.564. The molecule has 0 bridgehead atoms. The Morgan fingerprint density at radius 1 is 1.19 bits per heavy atom. The standard InChI is InChI=1S/C18H17N5OS2/c1-12-11-23(18(24)21-12)9-8-20-17-19-7-6-13(22-17)14-4-5-16(26-14)15-3-2-10-25-15/h2-7,10-11H,8-9H2,1H3,(H,21,24)(H,19,20,22). The predicted octanol–water partition coefficient (Wildman–Crippen LogP) is 3.84. The van der Waals surface area contributed by atoms with Crippen molar-refractivity contribution in [3.63, 3.8) is 0 Å². The number of aromatic amines is 1. The van der Waals surface area contributed by atoms with Crippen molar-refractivity contribution in [3.8, 4) is 20.3 Å². The van der Waals surface area contributed by atoms with Crippen molar-refractivity contribution in [2.45, 2.75) is 13.5 Å². The largest absolute Gasteiger partial charge is 0.352 e. The van der Waals surface area contributed by atoms with Crippen molar-refractivity contribution >= 4 is 28.6 Å². The van der Waals surface area contributed by atoms with Gasteiger partial charge in [-0.3, -0.25) is 4.57 Å². The second kappa shape index (κ2) is 7.27. The summed E-state index contributed by atoms with van der Waals surface area (Å²) < 4.78 is 1.64. The summed E-state index contributed by atoms with van der Waals surface area (Å²) in [6.45, 7) is 2.99. The average molecular weight is 384 g/mol. The summed E-state index contributed by atoms with van der Waals surface area (Å²) >= 11 is 3.46.